The van der Waals surface area contributed by atoms with Gasteiger partial charge in [-0.25, -0.2) is 0 Å². The van der Waals surface area contributed by atoms with E-state index in [1.807, 2.05) is 0 Å². The molecule has 0 bridgehead atoms. The molecule has 0 aromatic heterocycles. The first-order chi connectivity index (χ1) is 18.8. The molecule has 2 N–H and O–H groups in total. The molecule has 4 aliphatic carbocycles. The van der Waals surface area contributed by atoms with Crippen molar-refractivity contribution in [2.75, 3.05) is 6.54 Å². The van der Waals surface area contributed by atoms with Gasteiger partial charge >= 0.3 is 0 Å². The van der Waals surface area contributed by atoms with E-state index in [1.165, 1.54) is 31.2 Å². The zero-order valence-corrected chi connectivity index (χ0v) is 24.5. The van der Waals surface area contributed by atoms with Gasteiger partial charge in [0.2, 0.25) is 0 Å². The first-order valence-corrected chi connectivity index (χ1v) is 15.8. The highest BCUT2D eigenvalue weighted by atomic mass is 16.3. The Morgan fingerprint density at radius 3 is 2.44 bits per heavy atom. The second-order valence-corrected chi connectivity index (χ2v) is 14.3. The van der Waals surface area contributed by atoms with E-state index < -0.39 is 0 Å². The highest BCUT2D eigenvalue weighted by Gasteiger charge is 2.64. The predicted octanol–water partition coefficient (Wildman–Crippen LogP) is 7.52. The van der Waals surface area contributed by atoms with E-state index >= 15 is 0 Å². The fraction of sp³-hybridized carbons (Fsp3) is 0.735. The third-order valence-electron chi connectivity index (χ3n) is 12.7. The number of benzene rings is 1. The van der Waals surface area contributed by atoms with Gasteiger partial charge in [0.25, 0.3) is 0 Å². The van der Waals surface area contributed by atoms with Crippen LogP contribution in [0.25, 0.3) is 6.08 Å². The number of rotatable bonds is 6. The summed E-state index contributed by atoms with van der Waals surface area (Å²) in [6.07, 6.45) is 14.5. The molecule has 0 spiro atoms. The molecule has 0 radical (unpaired) electrons. The Bertz CT molecular complexity index is 1130. The molecular formula is C34H49N3O2. The number of hydrogen-bond donors (Lipinski definition) is 2. The van der Waals surface area contributed by atoms with Gasteiger partial charge < -0.3 is 10.2 Å². The Morgan fingerprint density at radius 1 is 0.974 bits per heavy atom. The van der Waals surface area contributed by atoms with Gasteiger partial charge in [-0.15, -0.1) is 5.10 Å². The van der Waals surface area contributed by atoms with Crippen LogP contribution in [0.1, 0.15) is 96.6 Å². The van der Waals surface area contributed by atoms with Crippen molar-refractivity contribution in [3.63, 3.8) is 0 Å². The van der Waals surface area contributed by atoms with Crippen molar-refractivity contribution in [1.29, 1.82) is 0 Å². The van der Waals surface area contributed by atoms with Gasteiger partial charge in [0.15, 0.2) is 0 Å². The molecule has 5 nitrogen and oxygen atoms in total. The Balaban J connectivity index is 1.15. The third-order valence-corrected chi connectivity index (χ3v) is 12.7. The molecule has 5 aliphatic rings. The molecule has 1 heterocycles. The van der Waals surface area contributed by atoms with E-state index in [-0.39, 0.29) is 17.6 Å². The molecular weight excluding hydrogens is 482 g/mol. The normalized spacial score (nSPS) is 44.1. The van der Waals surface area contributed by atoms with Gasteiger partial charge in [-0.1, -0.05) is 70.5 Å². The SMILES string of the molecule is CC[C@H]1[C@@H](O)[C@@H]2[C@H](CC[C@]3(C)[C@@H]([C@H](C)C/C=C/c4ccc(C5=NN=NC5)cc4)CC[C@@H]23)[C@@]2(C)CC[C@@H](O)C[C@@H]12. The van der Waals surface area contributed by atoms with Gasteiger partial charge in [-0.05, 0) is 120 Å². The monoisotopic (exact) mass is 531 g/mol. The minimum Gasteiger partial charge on any atom is -0.393 e. The first-order valence-electron chi connectivity index (χ1n) is 15.8. The van der Waals surface area contributed by atoms with Gasteiger partial charge in [0.05, 0.1) is 17.9 Å². The fourth-order valence-corrected chi connectivity index (χ4v) is 10.7. The second-order valence-electron chi connectivity index (χ2n) is 14.3. The molecule has 6 rings (SSSR count). The molecule has 1 aromatic carbocycles. The summed E-state index contributed by atoms with van der Waals surface area (Å²) in [4.78, 5) is 0. The van der Waals surface area contributed by atoms with Gasteiger partial charge in [0, 0.05) is 0 Å². The van der Waals surface area contributed by atoms with E-state index in [4.69, 9.17) is 0 Å². The van der Waals surface area contributed by atoms with Gasteiger partial charge in [-0.3, -0.25) is 0 Å². The fourth-order valence-electron chi connectivity index (χ4n) is 10.7. The molecule has 0 unspecified atom stereocenters. The highest BCUT2D eigenvalue weighted by Crippen LogP contribution is 2.69. The lowest BCUT2D eigenvalue weighted by Crippen LogP contribution is -2.62. The van der Waals surface area contributed by atoms with Crippen LogP contribution >= 0.6 is 0 Å². The van der Waals surface area contributed by atoms with Crippen molar-refractivity contribution in [2.45, 2.75) is 97.7 Å². The van der Waals surface area contributed by atoms with E-state index in [1.54, 1.807) is 0 Å². The topological polar surface area (TPSA) is 77.5 Å². The molecule has 0 saturated heterocycles. The average molecular weight is 532 g/mol. The number of aliphatic hydroxyl groups excluding tert-OH is 2. The Kier molecular flexibility index (Phi) is 7.37. The summed E-state index contributed by atoms with van der Waals surface area (Å²) >= 11 is 0. The number of allylic oxidation sites excluding steroid dienone is 1. The summed E-state index contributed by atoms with van der Waals surface area (Å²) in [7, 11) is 0. The maximum absolute atomic E-state index is 11.9. The lowest BCUT2D eigenvalue weighted by atomic mass is 9.41. The van der Waals surface area contributed by atoms with E-state index in [0.717, 1.165) is 43.4 Å². The van der Waals surface area contributed by atoms with Crippen LogP contribution in [0.4, 0.5) is 0 Å². The van der Waals surface area contributed by atoms with Gasteiger partial charge in [-0.2, -0.15) is 5.11 Å². The minimum absolute atomic E-state index is 0.175. The maximum Gasteiger partial charge on any atom is 0.107 e. The van der Waals surface area contributed by atoms with Crippen LogP contribution < -0.4 is 0 Å². The second kappa shape index (κ2) is 10.5. The van der Waals surface area contributed by atoms with Crippen molar-refractivity contribution in [1.82, 2.24) is 0 Å². The van der Waals surface area contributed by atoms with Crippen molar-refractivity contribution < 1.29 is 10.2 Å². The standard InChI is InChI=1S/C34H49N3O2/c1-5-25-29-19-24(38)15-17-34(29,4)28-16-18-33(3)26(13-14-27(33)31(28)32(25)39)21(2)7-6-8-22-9-11-23(12-10-22)30-20-35-37-36-30/h6,8-12,21,24-29,31-32,38-39H,5,7,13-20H2,1-4H3/b8-6+/t21-,24-,25-,26-,27+,28+,29+,31+,32-,33-,34-/m1/s1. The van der Waals surface area contributed by atoms with Crippen LogP contribution in [0.15, 0.2) is 45.8 Å². The molecule has 4 saturated carbocycles. The molecule has 39 heavy (non-hydrogen) atoms. The van der Waals surface area contributed by atoms with Crippen LogP contribution in [0.2, 0.25) is 0 Å². The van der Waals surface area contributed by atoms with Crippen molar-refractivity contribution in [3.8, 4) is 0 Å². The maximum atomic E-state index is 11.9. The summed E-state index contributed by atoms with van der Waals surface area (Å²) < 4.78 is 0. The molecule has 5 heteroatoms. The molecule has 0 amide bonds. The average Bonchev–Trinajstić information content (AvgIpc) is 3.58. The number of nitrogens with zero attached hydrogens (tertiary/aromatic N) is 3. The molecule has 1 aromatic rings. The number of hydrogen-bond acceptors (Lipinski definition) is 5. The molecule has 4 fully saturated rings. The molecule has 11 atom stereocenters. The van der Waals surface area contributed by atoms with E-state index in [0.29, 0.717) is 53.4 Å². The third kappa shape index (κ3) is 4.56. The summed E-state index contributed by atoms with van der Waals surface area (Å²) in [5.74, 6) is 3.84. The molecule has 212 valence electrons. The summed E-state index contributed by atoms with van der Waals surface area (Å²) in [5, 5.41) is 34.3. The highest BCUT2D eigenvalue weighted by molar-refractivity contribution is 6.02. The number of aliphatic hydroxyl groups is 2. The lowest BCUT2D eigenvalue weighted by Gasteiger charge is -2.64. The van der Waals surface area contributed by atoms with E-state index in [2.05, 4.69) is 79.6 Å². The first kappa shape index (κ1) is 27.3. The van der Waals surface area contributed by atoms with Crippen LogP contribution in [-0.2, 0) is 0 Å². The predicted molar refractivity (Wildman–Crippen MR) is 157 cm³/mol. The zero-order chi connectivity index (χ0) is 27.4. The van der Waals surface area contributed by atoms with Crippen molar-refractivity contribution >= 4 is 11.8 Å². The quantitative estimate of drug-likeness (QED) is 0.398. The van der Waals surface area contributed by atoms with E-state index in [9.17, 15) is 10.2 Å². The van der Waals surface area contributed by atoms with Crippen molar-refractivity contribution in [2.24, 2.45) is 67.7 Å². The Labute approximate surface area is 235 Å². The molecule has 1 aliphatic heterocycles. The Morgan fingerprint density at radius 2 is 1.72 bits per heavy atom. The largest absolute Gasteiger partial charge is 0.393 e. The number of fused-ring (bicyclic) bond motifs is 5. The zero-order valence-electron chi connectivity index (χ0n) is 24.5. The summed E-state index contributed by atoms with van der Waals surface area (Å²) in [5.41, 5.74) is 3.87. The summed E-state index contributed by atoms with van der Waals surface area (Å²) in [6, 6.07) is 8.57. The van der Waals surface area contributed by atoms with Crippen molar-refractivity contribution in [3.05, 3.63) is 41.5 Å². The van der Waals surface area contributed by atoms with Gasteiger partial charge in [0.1, 0.15) is 6.54 Å². The van der Waals surface area contributed by atoms with Crippen LogP contribution in [-0.4, -0.2) is 34.7 Å². The lowest BCUT2D eigenvalue weighted by molar-refractivity contribution is -0.203. The van der Waals surface area contributed by atoms with Crippen LogP contribution in [0.3, 0.4) is 0 Å². The smallest absolute Gasteiger partial charge is 0.107 e. The van der Waals surface area contributed by atoms with Crippen LogP contribution in [0.5, 0.6) is 0 Å². The minimum atomic E-state index is -0.206. The van der Waals surface area contributed by atoms with Crippen LogP contribution in [0, 0.1) is 52.3 Å². The Hall–Kier alpha value is -1.85. The summed E-state index contributed by atoms with van der Waals surface area (Å²) in [6.45, 7) is 10.4.